The van der Waals surface area contributed by atoms with Gasteiger partial charge < -0.3 is 20.1 Å². The van der Waals surface area contributed by atoms with Crippen LogP contribution in [-0.4, -0.2) is 57.3 Å². The molecule has 0 amide bonds. The SMILES string of the molecule is COc1cc(-c2ccc(-c3ccc(N(C)[C@H]4CC5CC[C@](C)(C4)N[C@@H]5C)nn3)c(O)c2)cnn1. The van der Waals surface area contributed by atoms with Crippen LogP contribution in [0.3, 0.4) is 0 Å². The minimum absolute atomic E-state index is 0.136. The van der Waals surface area contributed by atoms with Crippen molar-refractivity contribution in [2.45, 2.75) is 57.2 Å². The van der Waals surface area contributed by atoms with Crippen molar-refractivity contribution in [1.82, 2.24) is 25.7 Å². The van der Waals surface area contributed by atoms with E-state index < -0.39 is 0 Å². The van der Waals surface area contributed by atoms with Crippen molar-refractivity contribution in [2.75, 3.05) is 19.1 Å². The molecule has 1 unspecified atom stereocenters. The molecule has 3 aromatic rings. The van der Waals surface area contributed by atoms with E-state index in [0.717, 1.165) is 23.4 Å². The number of hydrogen-bond donors (Lipinski definition) is 2. The van der Waals surface area contributed by atoms with E-state index in [1.807, 2.05) is 24.3 Å². The third-order valence-electron chi connectivity index (χ3n) is 7.62. The van der Waals surface area contributed by atoms with Gasteiger partial charge in [-0.25, -0.2) is 0 Å². The van der Waals surface area contributed by atoms with Crippen LogP contribution >= 0.6 is 0 Å². The quantitative estimate of drug-likeness (QED) is 0.588. The van der Waals surface area contributed by atoms with Crippen LogP contribution in [0.15, 0.2) is 42.6 Å². The van der Waals surface area contributed by atoms with Crippen molar-refractivity contribution in [2.24, 2.45) is 5.92 Å². The number of fused-ring (bicyclic) bond motifs is 4. The highest BCUT2D eigenvalue weighted by Gasteiger charge is 2.42. The van der Waals surface area contributed by atoms with Gasteiger partial charge in [0.15, 0.2) is 5.82 Å². The van der Waals surface area contributed by atoms with Gasteiger partial charge in [-0.3, -0.25) is 0 Å². The van der Waals surface area contributed by atoms with Crippen molar-refractivity contribution in [1.29, 1.82) is 0 Å². The van der Waals surface area contributed by atoms with E-state index in [9.17, 15) is 5.11 Å². The zero-order chi connectivity index (χ0) is 23.9. The van der Waals surface area contributed by atoms with E-state index in [4.69, 9.17) is 4.74 Å². The first kappa shape index (κ1) is 22.5. The second-order valence-electron chi connectivity index (χ2n) is 9.99. The smallest absolute Gasteiger partial charge is 0.233 e. The van der Waals surface area contributed by atoms with Gasteiger partial charge in [0.1, 0.15) is 5.75 Å². The normalized spacial score (nSPS) is 26.2. The third kappa shape index (κ3) is 4.30. The van der Waals surface area contributed by atoms with E-state index >= 15 is 0 Å². The Morgan fingerprint density at radius 3 is 2.68 bits per heavy atom. The number of anilines is 1. The predicted molar refractivity (Wildman–Crippen MR) is 132 cm³/mol. The first-order valence-electron chi connectivity index (χ1n) is 11.9. The Morgan fingerprint density at radius 2 is 1.97 bits per heavy atom. The molecule has 0 radical (unpaired) electrons. The van der Waals surface area contributed by atoms with Gasteiger partial charge in [-0.15, -0.1) is 15.3 Å². The number of phenols is 1. The van der Waals surface area contributed by atoms with Crippen LogP contribution in [0, 0.1) is 5.92 Å². The van der Waals surface area contributed by atoms with Gasteiger partial charge in [-0.2, -0.15) is 5.10 Å². The van der Waals surface area contributed by atoms with E-state index in [2.05, 4.69) is 51.5 Å². The summed E-state index contributed by atoms with van der Waals surface area (Å²) in [7, 11) is 3.67. The Bertz CT molecular complexity index is 1170. The molecule has 1 aliphatic carbocycles. The van der Waals surface area contributed by atoms with Crippen molar-refractivity contribution >= 4 is 5.82 Å². The van der Waals surface area contributed by atoms with Crippen molar-refractivity contribution in [3.05, 3.63) is 42.6 Å². The first-order valence-corrected chi connectivity index (χ1v) is 11.9. The summed E-state index contributed by atoms with van der Waals surface area (Å²) in [6.45, 7) is 4.67. The molecule has 2 aromatic heterocycles. The van der Waals surface area contributed by atoms with Gasteiger partial charge in [0, 0.05) is 41.9 Å². The molecule has 3 aliphatic rings. The molecule has 2 bridgehead atoms. The molecule has 34 heavy (non-hydrogen) atoms. The minimum Gasteiger partial charge on any atom is -0.507 e. The topological polar surface area (TPSA) is 96.3 Å². The number of nitrogens with one attached hydrogen (secondary N) is 1. The lowest BCUT2D eigenvalue weighted by molar-refractivity contribution is 0.197. The number of ether oxygens (including phenoxy) is 1. The molecule has 2 aliphatic heterocycles. The molecule has 4 heterocycles. The highest BCUT2D eigenvalue weighted by Crippen LogP contribution is 2.40. The van der Waals surface area contributed by atoms with Crippen LogP contribution in [0.4, 0.5) is 5.82 Å². The fourth-order valence-electron chi connectivity index (χ4n) is 5.60. The zero-order valence-electron chi connectivity index (χ0n) is 20.2. The van der Waals surface area contributed by atoms with Crippen LogP contribution in [0.1, 0.15) is 39.5 Å². The summed E-state index contributed by atoms with van der Waals surface area (Å²) in [5.41, 5.74) is 3.08. The number of methoxy groups -OCH3 is 1. The highest BCUT2D eigenvalue weighted by atomic mass is 16.5. The van der Waals surface area contributed by atoms with Crippen LogP contribution in [-0.2, 0) is 0 Å². The summed E-state index contributed by atoms with van der Waals surface area (Å²) in [6, 6.07) is 12.2. The van der Waals surface area contributed by atoms with Crippen molar-refractivity contribution < 1.29 is 9.84 Å². The molecule has 4 atom stereocenters. The van der Waals surface area contributed by atoms with Gasteiger partial charge >= 0.3 is 0 Å². The maximum atomic E-state index is 10.7. The Morgan fingerprint density at radius 1 is 1.12 bits per heavy atom. The lowest BCUT2D eigenvalue weighted by Crippen LogP contribution is -2.52. The number of phenolic OH excluding ortho intramolecular Hbond substituents is 1. The van der Waals surface area contributed by atoms with Crippen LogP contribution in [0.5, 0.6) is 11.6 Å². The summed E-state index contributed by atoms with van der Waals surface area (Å²) in [6.07, 6.45) is 6.43. The largest absolute Gasteiger partial charge is 0.507 e. The maximum absolute atomic E-state index is 10.7. The van der Waals surface area contributed by atoms with E-state index in [1.165, 1.54) is 19.3 Å². The zero-order valence-corrected chi connectivity index (χ0v) is 20.2. The summed E-state index contributed by atoms with van der Waals surface area (Å²) >= 11 is 0. The summed E-state index contributed by atoms with van der Waals surface area (Å²) < 4.78 is 5.14. The summed E-state index contributed by atoms with van der Waals surface area (Å²) in [5.74, 6) is 2.11. The molecular weight excluding hydrogens is 428 g/mol. The lowest BCUT2D eigenvalue weighted by atomic mass is 9.83. The number of nitrogens with zero attached hydrogens (tertiary/aromatic N) is 5. The van der Waals surface area contributed by atoms with Crippen molar-refractivity contribution in [3.8, 4) is 34.0 Å². The number of aromatic nitrogens is 4. The summed E-state index contributed by atoms with van der Waals surface area (Å²) in [4.78, 5) is 2.28. The average molecular weight is 461 g/mol. The van der Waals surface area contributed by atoms with Gasteiger partial charge in [0.25, 0.3) is 0 Å². The minimum atomic E-state index is 0.136. The molecule has 8 nitrogen and oxygen atoms in total. The molecule has 6 rings (SSSR count). The third-order valence-corrected chi connectivity index (χ3v) is 7.62. The number of aromatic hydroxyl groups is 1. The second-order valence-corrected chi connectivity index (χ2v) is 9.99. The standard InChI is InChI=1S/C26H32N6O2/c1-16-17-9-10-26(2,28-16)14-20(11-17)32(3)24-8-7-22(29-30-24)21-6-5-18(12-23(21)33)19-13-25(34-4)31-27-15-19/h5-8,12-13,15-17,20,28,33H,9-11,14H2,1-4H3/t16-,17?,20+,26-/m1/s1. The Hall–Kier alpha value is -3.26. The van der Waals surface area contributed by atoms with Crippen LogP contribution in [0.25, 0.3) is 22.4 Å². The highest BCUT2D eigenvalue weighted by molar-refractivity contribution is 5.74. The summed E-state index contributed by atoms with van der Waals surface area (Å²) in [5, 5.41) is 31.4. The number of hydrogen-bond acceptors (Lipinski definition) is 8. The molecule has 1 aromatic carbocycles. The van der Waals surface area contributed by atoms with Crippen LogP contribution in [0.2, 0.25) is 0 Å². The molecular formula is C26H32N6O2. The molecule has 2 saturated heterocycles. The Labute approximate surface area is 200 Å². The Balaban J connectivity index is 1.35. The fraction of sp³-hybridized carbons (Fsp3) is 0.462. The predicted octanol–water partition coefficient (Wildman–Crippen LogP) is 4.06. The number of piperidine rings is 1. The van der Waals surface area contributed by atoms with E-state index in [-0.39, 0.29) is 11.3 Å². The lowest BCUT2D eigenvalue weighted by Gasteiger charge is -2.39. The molecule has 2 N–H and O–H groups in total. The van der Waals surface area contributed by atoms with Gasteiger partial charge in [0.2, 0.25) is 5.88 Å². The number of benzene rings is 1. The van der Waals surface area contributed by atoms with Crippen molar-refractivity contribution in [3.63, 3.8) is 0 Å². The molecule has 0 spiro atoms. The monoisotopic (exact) mass is 460 g/mol. The van der Waals surface area contributed by atoms with Gasteiger partial charge in [0.05, 0.1) is 19.0 Å². The molecule has 1 saturated carbocycles. The second kappa shape index (κ2) is 8.83. The molecule has 8 heteroatoms. The van der Waals surface area contributed by atoms with Crippen LogP contribution < -0.4 is 15.0 Å². The molecule has 3 fully saturated rings. The number of rotatable bonds is 5. The van der Waals surface area contributed by atoms with Gasteiger partial charge in [-0.05, 0) is 75.3 Å². The Kier molecular flexibility index (Phi) is 5.85. The fourth-order valence-corrected chi connectivity index (χ4v) is 5.60. The first-order chi connectivity index (χ1) is 16.3. The average Bonchev–Trinajstić information content (AvgIpc) is 3.10. The molecule has 178 valence electrons. The van der Waals surface area contributed by atoms with E-state index in [1.54, 1.807) is 25.4 Å². The van der Waals surface area contributed by atoms with E-state index in [0.29, 0.717) is 35.1 Å². The van der Waals surface area contributed by atoms with Gasteiger partial charge in [-0.1, -0.05) is 6.07 Å². The maximum Gasteiger partial charge on any atom is 0.233 e.